The van der Waals surface area contributed by atoms with Gasteiger partial charge in [-0.2, -0.15) is 0 Å². The van der Waals surface area contributed by atoms with E-state index in [4.69, 9.17) is 16.3 Å². The summed E-state index contributed by atoms with van der Waals surface area (Å²) in [6.45, 7) is 0.640. The first-order valence-corrected chi connectivity index (χ1v) is 3.15. The first-order valence-electron chi connectivity index (χ1n) is 2.77. The third-order valence-corrected chi connectivity index (χ3v) is 1.78. The van der Waals surface area contributed by atoms with Gasteiger partial charge in [0.05, 0.1) is 0 Å². The second-order valence-corrected chi connectivity index (χ2v) is 2.45. The summed E-state index contributed by atoms with van der Waals surface area (Å²) in [6.07, 6.45) is 0. The molecule has 0 saturated carbocycles. The van der Waals surface area contributed by atoms with Crippen LogP contribution in [0.25, 0.3) is 0 Å². The molecule has 0 atom stereocenters. The van der Waals surface area contributed by atoms with E-state index in [0.717, 1.165) is 16.3 Å². The lowest BCUT2D eigenvalue weighted by Crippen LogP contribution is -1.82. The molecule has 0 unspecified atom stereocenters. The van der Waals surface area contributed by atoms with Crippen LogP contribution in [0.15, 0.2) is 18.2 Å². The zero-order valence-corrected chi connectivity index (χ0v) is 5.48. The third kappa shape index (κ3) is 0.688. The van der Waals surface area contributed by atoms with Gasteiger partial charge in [0.15, 0.2) is 0 Å². The number of ether oxygens (including phenoxy) is 1. The SMILES string of the molecule is Clc1ccc2cc1CO2. The minimum atomic E-state index is 0.640. The molecule has 1 aromatic rings. The minimum absolute atomic E-state index is 0.640. The molecule has 2 heteroatoms. The maximum Gasteiger partial charge on any atom is 0.120 e. The second-order valence-electron chi connectivity index (χ2n) is 2.04. The Kier molecular flexibility index (Phi) is 0.935. The molecule has 0 fully saturated rings. The average Bonchev–Trinajstić information content (AvgIpc) is 2.25. The van der Waals surface area contributed by atoms with E-state index < -0.39 is 0 Å². The Morgan fingerprint density at radius 3 is 3.11 bits per heavy atom. The van der Waals surface area contributed by atoms with E-state index in [2.05, 4.69) is 0 Å². The van der Waals surface area contributed by atoms with E-state index in [1.807, 2.05) is 18.2 Å². The molecule has 0 N–H and O–H groups in total. The Bertz CT molecular complexity index is 245. The van der Waals surface area contributed by atoms with Gasteiger partial charge >= 0.3 is 0 Å². The van der Waals surface area contributed by atoms with Crippen LogP contribution < -0.4 is 4.74 Å². The van der Waals surface area contributed by atoms with Crippen molar-refractivity contribution in [2.24, 2.45) is 0 Å². The standard InChI is InChI=1S/C7H5ClO/c8-7-2-1-6-3-5(7)4-9-6/h1-3H,4H2. The summed E-state index contributed by atoms with van der Waals surface area (Å²) in [6, 6.07) is 5.69. The van der Waals surface area contributed by atoms with Gasteiger partial charge in [0, 0.05) is 10.6 Å². The fraction of sp³-hybridized carbons (Fsp3) is 0.143. The van der Waals surface area contributed by atoms with Gasteiger partial charge in [-0.3, -0.25) is 0 Å². The Balaban J connectivity index is 2.65. The van der Waals surface area contributed by atoms with Gasteiger partial charge < -0.3 is 4.74 Å². The first-order chi connectivity index (χ1) is 4.36. The maximum absolute atomic E-state index is 5.78. The molecule has 1 aliphatic heterocycles. The van der Waals surface area contributed by atoms with Crippen LogP contribution >= 0.6 is 11.6 Å². The summed E-state index contributed by atoms with van der Waals surface area (Å²) in [4.78, 5) is 0. The number of hydrogen-bond acceptors (Lipinski definition) is 1. The molecular weight excluding hydrogens is 136 g/mol. The van der Waals surface area contributed by atoms with Crippen LogP contribution in [0, 0.1) is 0 Å². The maximum atomic E-state index is 5.78. The first kappa shape index (κ1) is 5.12. The van der Waals surface area contributed by atoms with Crippen LogP contribution in [-0.2, 0) is 6.61 Å². The summed E-state index contributed by atoms with van der Waals surface area (Å²) in [7, 11) is 0. The molecule has 9 heavy (non-hydrogen) atoms. The third-order valence-electron chi connectivity index (χ3n) is 1.41. The molecule has 0 spiro atoms. The predicted octanol–water partition coefficient (Wildman–Crippen LogP) is 2.23. The van der Waals surface area contributed by atoms with Crippen molar-refractivity contribution in [1.82, 2.24) is 0 Å². The van der Waals surface area contributed by atoms with Gasteiger partial charge in [-0.05, 0) is 18.2 Å². The Hall–Kier alpha value is -0.690. The van der Waals surface area contributed by atoms with Crippen LogP contribution in [0.3, 0.4) is 0 Å². The Morgan fingerprint density at radius 1 is 1.44 bits per heavy atom. The van der Waals surface area contributed by atoms with Crippen LogP contribution in [0.2, 0.25) is 5.02 Å². The van der Waals surface area contributed by atoms with Crippen molar-refractivity contribution in [2.75, 3.05) is 0 Å². The molecule has 1 heterocycles. The smallest absolute Gasteiger partial charge is 0.120 e. The second kappa shape index (κ2) is 1.64. The highest BCUT2D eigenvalue weighted by molar-refractivity contribution is 6.31. The lowest BCUT2D eigenvalue weighted by atomic mass is 10.2. The van der Waals surface area contributed by atoms with Crippen molar-refractivity contribution in [2.45, 2.75) is 6.61 Å². The summed E-state index contributed by atoms with van der Waals surface area (Å²) in [5, 5.41) is 0.802. The zero-order valence-electron chi connectivity index (χ0n) is 4.73. The van der Waals surface area contributed by atoms with Crippen LogP contribution in [0.1, 0.15) is 5.56 Å². The van der Waals surface area contributed by atoms with E-state index in [1.54, 1.807) is 0 Å². The summed E-state index contributed by atoms with van der Waals surface area (Å²) < 4.78 is 5.18. The minimum Gasteiger partial charge on any atom is -0.489 e. The molecule has 46 valence electrons. The molecule has 1 nitrogen and oxygen atoms in total. The van der Waals surface area contributed by atoms with Crippen molar-refractivity contribution < 1.29 is 4.74 Å². The van der Waals surface area contributed by atoms with Gasteiger partial charge in [-0.1, -0.05) is 11.6 Å². The molecular formula is C7H5ClO. The van der Waals surface area contributed by atoms with Crippen LogP contribution in [-0.4, -0.2) is 0 Å². The highest BCUT2D eigenvalue weighted by Gasteiger charge is 2.09. The van der Waals surface area contributed by atoms with Crippen LogP contribution in [0.5, 0.6) is 5.75 Å². The molecule has 1 aromatic carbocycles. The molecule has 1 aliphatic rings. The van der Waals surface area contributed by atoms with Gasteiger partial charge in [0.25, 0.3) is 0 Å². The van der Waals surface area contributed by atoms with Crippen molar-refractivity contribution in [3.8, 4) is 5.75 Å². The number of hydrogen-bond donors (Lipinski definition) is 0. The van der Waals surface area contributed by atoms with Gasteiger partial charge in [0.2, 0.25) is 0 Å². The highest BCUT2D eigenvalue weighted by atomic mass is 35.5. The van der Waals surface area contributed by atoms with E-state index in [9.17, 15) is 0 Å². The molecule has 0 amide bonds. The quantitative estimate of drug-likeness (QED) is 0.537. The summed E-state index contributed by atoms with van der Waals surface area (Å²) in [5.74, 6) is 0.925. The number of benzene rings is 1. The van der Waals surface area contributed by atoms with Crippen molar-refractivity contribution in [3.63, 3.8) is 0 Å². The van der Waals surface area contributed by atoms with Crippen molar-refractivity contribution >= 4 is 11.6 Å². The number of fused-ring (bicyclic) bond motifs is 2. The van der Waals surface area contributed by atoms with E-state index in [0.29, 0.717) is 6.61 Å². The fourth-order valence-corrected chi connectivity index (χ4v) is 1.08. The van der Waals surface area contributed by atoms with E-state index in [1.165, 1.54) is 0 Å². The number of halogens is 1. The fourth-order valence-electron chi connectivity index (χ4n) is 0.913. The molecule has 0 saturated heterocycles. The Labute approximate surface area is 58.2 Å². The molecule has 0 aromatic heterocycles. The zero-order chi connectivity index (χ0) is 6.27. The lowest BCUT2D eigenvalue weighted by Gasteiger charge is -1.88. The van der Waals surface area contributed by atoms with Gasteiger partial charge in [0.1, 0.15) is 12.4 Å². The average molecular weight is 141 g/mol. The number of rotatable bonds is 0. The largest absolute Gasteiger partial charge is 0.489 e. The van der Waals surface area contributed by atoms with E-state index >= 15 is 0 Å². The predicted molar refractivity (Wildman–Crippen MR) is 35.8 cm³/mol. The normalized spacial score (nSPS) is 13.4. The lowest BCUT2D eigenvalue weighted by molar-refractivity contribution is 0.328. The Morgan fingerprint density at radius 2 is 2.33 bits per heavy atom. The summed E-state index contributed by atoms with van der Waals surface area (Å²) in [5.41, 5.74) is 1.09. The molecule has 0 radical (unpaired) electrons. The van der Waals surface area contributed by atoms with E-state index in [-0.39, 0.29) is 0 Å². The van der Waals surface area contributed by atoms with Crippen LogP contribution in [0.4, 0.5) is 0 Å². The van der Waals surface area contributed by atoms with Gasteiger partial charge in [-0.25, -0.2) is 0 Å². The molecule has 2 rings (SSSR count). The highest BCUT2D eigenvalue weighted by Crippen LogP contribution is 2.28. The molecule has 0 aliphatic carbocycles. The monoisotopic (exact) mass is 140 g/mol. The van der Waals surface area contributed by atoms with Crippen molar-refractivity contribution in [1.29, 1.82) is 0 Å². The summed E-state index contributed by atoms with van der Waals surface area (Å²) >= 11 is 5.78. The topological polar surface area (TPSA) is 9.23 Å². The molecule has 2 bridgehead atoms. The van der Waals surface area contributed by atoms with Gasteiger partial charge in [-0.15, -0.1) is 0 Å². The van der Waals surface area contributed by atoms with Crippen molar-refractivity contribution in [3.05, 3.63) is 28.8 Å².